The van der Waals surface area contributed by atoms with Crippen LogP contribution in [0.4, 0.5) is 5.69 Å². The number of hydrogen-bond donors (Lipinski definition) is 0. The topological polar surface area (TPSA) is 69.4 Å². The number of carbonyl (C=O) groups is 1. The fraction of sp³-hybridized carbons (Fsp3) is 0.188. The summed E-state index contributed by atoms with van der Waals surface area (Å²) in [6, 6.07) is 13.3. The molecule has 0 saturated carbocycles. The molecule has 114 valence electrons. The quantitative estimate of drug-likeness (QED) is 0.357. The van der Waals surface area contributed by atoms with E-state index in [1.165, 1.54) is 23.9 Å². The van der Waals surface area contributed by atoms with Crippen LogP contribution in [0.15, 0.2) is 53.4 Å². The van der Waals surface area contributed by atoms with Gasteiger partial charge in [0, 0.05) is 17.0 Å². The summed E-state index contributed by atoms with van der Waals surface area (Å²) in [7, 11) is 0. The molecule has 0 aliphatic rings. The molecule has 0 heterocycles. The van der Waals surface area contributed by atoms with Crippen LogP contribution >= 0.6 is 11.8 Å². The molecule has 0 bridgehead atoms. The molecular formula is C16H15NO4S. The first kappa shape index (κ1) is 16.0. The maximum absolute atomic E-state index is 12.3. The molecule has 6 heteroatoms. The minimum absolute atomic E-state index is 0.0232. The molecule has 0 amide bonds. The number of nitro groups is 1. The molecule has 0 aliphatic carbocycles. The highest BCUT2D eigenvalue weighted by atomic mass is 32.2. The van der Waals surface area contributed by atoms with E-state index in [9.17, 15) is 14.9 Å². The summed E-state index contributed by atoms with van der Waals surface area (Å²) in [6.07, 6.45) is 1.32. The largest absolute Gasteiger partial charge is 0.454 e. The van der Waals surface area contributed by atoms with Gasteiger partial charge in [-0.2, -0.15) is 0 Å². The molecule has 2 aromatic carbocycles. The van der Waals surface area contributed by atoms with Crippen molar-refractivity contribution in [1.82, 2.24) is 0 Å². The zero-order chi connectivity index (χ0) is 16.1. The Kier molecular flexibility index (Phi) is 5.16. The Morgan fingerprint density at radius 3 is 2.64 bits per heavy atom. The Bertz CT molecular complexity index is 702. The summed E-state index contributed by atoms with van der Waals surface area (Å²) in [5.74, 6) is -0.441. The molecule has 0 aromatic heterocycles. The maximum Gasteiger partial charge on any atom is 0.339 e. The number of carbonyl (C=O) groups excluding carboxylic acids is 1. The lowest BCUT2D eigenvalue weighted by Gasteiger charge is -2.14. The minimum atomic E-state index is -0.567. The van der Waals surface area contributed by atoms with Gasteiger partial charge < -0.3 is 4.74 Å². The van der Waals surface area contributed by atoms with Crippen molar-refractivity contribution in [3.63, 3.8) is 0 Å². The summed E-state index contributed by atoms with van der Waals surface area (Å²) in [4.78, 5) is 23.4. The van der Waals surface area contributed by atoms with Gasteiger partial charge in [-0.1, -0.05) is 24.3 Å². The molecule has 1 unspecified atom stereocenters. The van der Waals surface area contributed by atoms with Gasteiger partial charge in [-0.05, 0) is 30.9 Å². The van der Waals surface area contributed by atoms with E-state index >= 15 is 0 Å². The number of hydrogen-bond acceptors (Lipinski definition) is 5. The van der Waals surface area contributed by atoms with Crippen LogP contribution in [0.3, 0.4) is 0 Å². The molecular weight excluding hydrogens is 302 g/mol. The van der Waals surface area contributed by atoms with Gasteiger partial charge in [0.2, 0.25) is 0 Å². The number of nitrogens with zero attached hydrogens (tertiary/aromatic N) is 1. The van der Waals surface area contributed by atoms with Gasteiger partial charge in [0.15, 0.2) is 0 Å². The van der Waals surface area contributed by atoms with E-state index < -0.39 is 17.0 Å². The summed E-state index contributed by atoms with van der Waals surface area (Å²) in [5.41, 5.74) is 1.06. The number of ether oxygens (including phenoxy) is 1. The van der Waals surface area contributed by atoms with Gasteiger partial charge in [-0.25, -0.2) is 4.79 Å². The van der Waals surface area contributed by atoms with Crippen LogP contribution in [0.2, 0.25) is 0 Å². The molecule has 2 aromatic rings. The standard InChI is InChI=1S/C16H15NO4S/c1-11(12-6-5-7-13(10-12)17(19)20)21-16(18)14-8-3-4-9-15(14)22-2/h3-11H,1-2H3. The van der Waals surface area contributed by atoms with Crippen molar-refractivity contribution in [1.29, 1.82) is 0 Å². The zero-order valence-electron chi connectivity index (χ0n) is 12.2. The number of rotatable bonds is 5. The van der Waals surface area contributed by atoms with Crippen LogP contribution in [0.1, 0.15) is 28.9 Å². The van der Waals surface area contributed by atoms with Crippen LogP contribution in [0, 0.1) is 10.1 Å². The molecule has 22 heavy (non-hydrogen) atoms. The van der Waals surface area contributed by atoms with Gasteiger partial charge in [-0.15, -0.1) is 11.8 Å². The van der Waals surface area contributed by atoms with Crippen molar-refractivity contribution < 1.29 is 14.5 Å². The molecule has 0 saturated heterocycles. The molecule has 0 N–H and O–H groups in total. The van der Waals surface area contributed by atoms with Crippen molar-refractivity contribution in [3.8, 4) is 0 Å². The SMILES string of the molecule is CSc1ccccc1C(=O)OC(C)c1cccc([N+](=O)[O-])c1. The first-order valence-electron chi connectivity index (χ1n) is 6.61. The zero-order valence-corrected chi connectivity index (χ0v) is 13.0. The predicted molar refractivity (Wildman–Crippen MR) is 85.1 cm³/mol. The number of non-ortho nitro benzene ring substituents is 1. The number of thioether (sulfide) groups is 1. The average molecular weight is 317 g/mol. The second kappa shape index (κ2) is 7.09. The highest BCUT2D eigenvalue weighted by Gasteiger charge is 2.18. The third-order valence-electron chi connectivity index (χ3n) is 3.16. The minimum Gasteiger partial charge on any atom is -0.454 e. The highest BCUT2D eigenvalue weighted by molar-refractivity contribution is 7.98. The first-order chi connectivity index (χ1) is 10.5. The van der Waals surface area contributed by atoms with E-state index in [1.807, 2.05) is 18.4 Å². The number of nitro benzene ring substituents is 1. The summed E-state index contributed by atoms with van der Waals surface area (Å²) in [6.45, 7) is 1.69. The van der Waals surface area contributed by atoms with E-state index in [0.29, 0.717) is 11.1 Å². The Labute approximate surface area is 132 Å². The van der Waals surface area contributed by atoms with Crippen molar-refractivity contribution in [2.75, 3.05) is 6.26 Å². The third kappa shape index (κ3) is 3.65. The summed E-state index contributed by atoms with van der Waals surface area (Å²) in [5, 5.41) is 10.8. The Balaban J connectivity index is 2.18. The first-order valence-corrected chi connectivity index (χ1v) is 7.83. The Morgan fingerprint density at radius 1 is 1.23 bits per heavy atom. The van der Waals surface area contributed by atoms with Crippen LogP contribution in [-0.2, 0) is 4.74 Å². The van der Waals surface area contributed by atoms with E-state index in [0.717, 1.165) is 4.90 Å². The lowest BCUT2D eigenvalue weighted by molar-refractivity contribution is -0.385. The monoisotopic (exact) mass is 317 g/mol. The van der Waals surface area contributed by atoms with Crippen LogP contribution < -0.4 is 0 Å². The van der Waals surface area contributed by atoms with Crippen molar-refractivity contribution in [3.05, 3.63) is 69.8 Å². The highest BCUT2D eigenvalue weighted by Crippen LogP contribution is 2.25. The molecule has 1 atom stereocenters. The van der Waals surface area contributed by atoms with E-state index in [4.69, 9.17) is 4.74 Å². The Morgan fingerprint density at radius 2 is 1.95 bits per heavy atom. The molecule has 0 spiro atoms. The van der Waals surface area contributed by atoms with Gasteiger partial charge in [0.25, 0.3) is 5.69 Å². The van der Waals surface area contributed by atoms with Gasteiger partial charge in [0.1, 0.15) is 6.10 Å². The van der Waals surface area contributed by atoms with Crippen LogP contribution in [0.25, 0.3) is 0 Å². The van der Waals surface area contributed by atoms with Crippen LogP contribution in [0.5, 0.6) is 0 Å². The number of esters is 1. The summed E-state index contributed by atoms with van der Waals surface area (Å²) < 4.78 is 5.42. The maximum atomic E-state index is 12.3. The average Bonchev–Trinajstić information content (AvgIpc) is 2.54. The van der Waals surface area contributed by atoms with Gasteiger partial charge in [0.05, 0.1) is 10.5 Å². The summed E-state index contributed by atoms with van der Waals surface area (Å²) >= 11 is 1.46. The lowest BCUT2D eigenvalue weighted by Crippen LogP contribution is -2.10. The fourth-order valence-electron chi connectivity index (χ4n) is 2.00. The predicted octanol–water partition coefficient (Wildman–Crippen LogP) is 4.23. The van der Waals surface area contributed by atoms with Crippen LogP contribution in [-0.4, -0.2) is 17.1 Å². The second-order valence-electron chi connectivity index (χ2n) is 4.60. The normalized spacial score (nSPS) is 11.7. The molecule has 0 radical (unpaired) electrons. The third-order valence-corrected chi connectivity index (χ3v) is 3.96. The molecule has 0 fully saturated rings. The van der Waals surface area contributed by atoms with E-state index in [-0.39, 0.29) is 5.69 Å². The molecule has 0 aliphatic heterocycles. The molecule has 2 rings (SSSR count). The van der Waals surface area contributed by atoms with E-state index in [1.54, 1.807) is 31.2 Å². The van der Waals surface area contributed by atoms with Crippen molar-refractivity contribution in [2.24, 2.45) is 0 Å². The fourth-order valence-corrected chi connectivity index (χ4v) is 2.58. The Hall–Kier alpha value is -2.34. The van der Waals surface area contributed by atoms with Gasteiger partial charge >= 0.3 is 5.97 Å². The second-order valence-corrected chi connectivity index (χ2v) is 5.45. The van der Waals surface area contributed by atoms with E-state index in [2.05, 4.69) is 0 Å². The van der Waals surface area contributed by atoms with Gasteiger partial charge in [-0.3, -0.25) is 10.1 Å². The molecule has 5 nitrogen and oxygen atoms in total. The smallest absolute Gasteiger partial charge is 0.339 e. The number of benzene rings is 2. The van der Waals surface area contributed by atoms with Crippen molar-refractivity contribution in [2.45, 2.75) is 17.9 Å². The van der Waals surface area contributed by atoms with Crippen molar-refractivity contribution >= 4 is 23.4 Å². The lowest BCUT2D eigenvalue weighted by atomic mass is 10.1.